The molecule has 0 radical (unpaired) electrons. The molecule has 1 fully saturated rings. The molecule has 4 aromatic heterocycles. The minimum Gasteiger partial charge on any atom is -0.373 e. The number of hydrogen-bond acceptors (Lipinski definition) is 7. The topological polar surface area (TPSA) is 118 Å². The van der Waals surface area contributed by atoms with E-state index in [-0.39, 0.29) is 23.5 Å². The molecule has 0 unspecified atom stereocenters. The molecule has 11 heteroatoms. The van der Waals surface area contributed by atoms with Crippen molar-refractivity contribution in [3.05, 3.63) is 70.7 Å². The van der Waals surface area contributed by atoms with Crippen molar-refractivity contribution in [1.29, 1.82) is 0 Å². The Balaban J connectivity index is 1.56. The first kappa shape index (κ1) is 19.7. The Morgan fingerprint density at radius 1 is 1.22 bits per heavy atom. The minimum atomic E-state index is -0.742. The molecule has 1 aliphatic carbocycles. The Kier molecular flexibility index (Phi) is 4.77. The van der Waals surface area contributed by atoms with Gasteiger partial charge in [0, 0.05) is 25.4 Å². The summed E-state index contributed by atoms with van der Waals surface area (Å²) in [4.78, 5) is 34.1. The van der Waals surface area contributed by atoms with Crippen LogP contribution in [0.2, 0.25) is 0 Å². The predicted molar refractivity (Wildman–Crippen MR) is 116 cm³/mol. The van der Waals surface area contributed by atoms with Crippen LogP contribution in [0, 0.1) is 5.95 Å². The summed E-state index contributed by atoms with van der Waals surface area (Å²) in [6.07, 6.45) is 4.85. The maximum atomic E-state index is 14.4. The second-order valence-electron chi connectivity index (χ2n) is 7.34. The normalized spacial score (nSPS) is 13.2. The summed E-state index contributed by atoms with van der Waals surface area (Å²) in [5.74, 6) is 0.00364. The van der Waals surface area contributed by atoms with Crippen LogP contribution in [0.1, 0.15) is 23.2 Å². The molecule has 3 N–H and O–H groups in total. The van der Waals surface area contributed by atoms with Crippen LogP contribution in [0.15, 0.2) is 53.6 Å². The highest BCUT2D eigenvalue weighted by molar-refractivity contribution is 6.00. The Hall–Kier alpha value is -4.28. The van der Waals surface area contributed by atoms with Gasteiger partial charge < -0.3 is 16.0 Å². The molecule has 0 spiro atoms. The molecular weight excluding hydrogens is 415 g/mol. The van der Waals surface area contributed by atoms with Gasteiger partial charge in [0.15, 0.2) is 5.65 Å². The van der Waals surface area contributed by atoms with Gasteiger partial charge in [0.1, 0.15) is 28.7 Å². The monoisotopic (exact) mass is 434 g/mol. The summed E-state index contributed by atoms with van der Waals surface area (Å²) in [6.45, 7) is 0. The molecule has 0 aromatic carbocycles. The molecule has 1 aliphatic rings. The van der Waals surface area contributed by atoms with E-state index in [0.29, 0.717) is 22.8 Å². The van der Waals surface area contributed by atoms with Gasteiger partial charge in [-0.15, -0.1) is 0 Å². The van der Waals surface area contributed by atoms with Gasteiger partial charge in [0.25, 0.3) is 11.5 Å². The number of halogens is 1. The first-order valence-corrected chi connectivity index (χ1v) is 10.0. The number of carbonyl (C=O) groups excluding carboxylic acids is 1. The average Bonchev–Trinajstić information content (AvgIpc) is 3.51. The third-order valence-electron chi connectivity index (χ3n) is 5.06. The first-order chi connectivity index (χ1) is 15.5. The van der Waals surface area contributed by atoms with Crippen LogP contribution < -0.4 is 21.5 Å². The molecule has 5 rings (SSSR count). The molecule has 162 valence electrons. The number of nitrogens with one attached hydrogen (secondary N) is 3. The number of rotatable bonds is 6. The quantitative estimate of drug-likeness (QED) is 0.398. The van der Waals surface area contributed by atoms with E-state index in [2.05, 4.69) is 31.0 Å². The summed E-state index contributed by atoms with van der Waals surface area (Å²) >= 11 is 0. The molecule has 4 aromatic rings. The zero-order chi connectivity index (χ0) is 22.2. The van der Waals surface area contributed by atoms with E-state index in [9.17, 15) is 14.0 Å². The Morgan fingerprint density at radius 2 is 2.06 bits per heavy atom. The molecule has 1 amide bonds. The molecule has 0 saturated heterocycles. The highest BCUT2D eigenvalue weighted by atomic mass is 19.1. The van der Waals surface area contributed by atoms with E-state index in [1.807, 2.05) is 0 Å². The van der Waals surface area contributed by atoms with Gasteiger partial charge in [-0.1, -0.05) is 6.07 Å². The third-order valence-corrected chi connectivity index (χ3v) is 5.06. The van der Waals surface area contributed by atoms with E-state index >= 15 is 0 Å². The number of amides is 1. The van der Waals surface area contributed by atoms with Crippen LogP contribution in [-0.4, -0.2) is 43.1 Å². The van der Waals surface area contributed by atoms with Gasteiger partial charge in [-0.05, 0) is 37.1 Å². The van der Waals surface area contributed by atoms with Crippen LogP contribution in [0.5, 0.6) is 0 Å². The van der Waals surface area contributed by atoms with Crippen molar-refractivity contribution < 1.29 is 9.18 Å². The van der Waals surface area contributed by atoms with Crippen LogP contribution in [0.25, 0.3) is 11.5 Å². The molecule has 0 bridgehead atoms. The van der Waals surface area contributed by atoms with Crippen LogP contribution >= 0.6 is 0 Å². The fraction of sp³-hybridized carbons (Fsp3) is 0.190. The lowest BCUT2D eigenvalue weighted by atomic mass is 10.3. The summed E-state index contributed by atoms with van der Waals surface area (Å²) in [5, 5.41) is 13.1. The molecule has 10 nitrogen and oxygen atoms in total. The predicted octanol–water partition coefficient (Wildman–Crippen LogP) is 2.09. The third kappa shape index (κ3) is 3.53. The van der Waals surface area contributed by atoms with E-state index in [0.717, 1.165) is 17.4 Å². The second kappa shape index (κ2) is 7.76. The molecule has 4 heterocycles. The zero-order valence-corrected chi connectivity index (χ0v) is 17.0. The Morgan fingerprint density at radius 3 is 2.78 bits per heavy atom. The highest BCUT2D eigenvalue weighted by Crippen LogP contribution is 2.23. The van der Waals surface area contributed by atoms with Crippen molar-refractivity contribution >= 4 is 28.9 Å². The van der Waals surface area contributed by atoms with Gasteiger partial charge in [0.05, 0.1) is 6.20 Å². The second-order valence-corrected chi connectivity index (χ2v) is 7.34. The summed E-state index contributed by atoms with van der Waals surface area (Å²) in [6, 6.07) is 9.20. The maximum absolute atomic E-state index is 14.4. The lowest BCUT2D eigenvalue weighted by Crippen LogP contribution is -2.25. The molecular formula is C21H19FN8O2. The van der Waals surface area contributed by atoms with Crippen molar-refractivity contribution in [2.24, 2.45) is 0 Å². The van der Waals surface area contributed by atoms with E-state index in [4.69, 9.17) is 0 Å². The van der Waals surface area contributed by atoms with E-state index in [1.165, 1.54) is 35.1 Å². The number of hydrogen-bond donors (Lipinski definition) is 3. The SMILES string of the molecule is CNc1cc(Nc2ccc(F)n(-c3ccccn3)c2=O)nc2c(C(=O)NC3CC3)cnn12. The van der Waals surface area contributed by atoms with E-state index < -0.39 is 11.5 Å². The number of pyridine rings is 2. The summed E-state index contributed by atoms with van der Waals surface area (Å²) in [7, 11) is 1.70. The highest BCUT2D eigenvalue weighted by Gasteiger charge is 2.26. The van der Waals surface area contributed by atoms with Crippen molar-refractivity contribution in [2.45, 2.75) is 18.9 Å². The number of carbonyl (C=O) groups is 1. The largest absolute Gasteiger partial charge is 0.373 e. The summed E-state index contributed by atoms with van der Waals surface area (Å²) in [5.41, 5.74) is 0.114. The minimum absolute atomic E-state index is 0.0967. The lowest BCUT2D eigenvalue weighted by molar-refractivity contribution is 0.0952. The van der Waals surface area contributed by atoms with Crippen LogP contribution in [-0.2, 0) is 0 Å². The molecule has 32 heavy (non-hydrogen) atoms. The smallest absolute Gasteiger partial charge is 0.282 e. The Bertz CT molecular complexity index is 1380. The number of aromatic nitrogens is 5. The molecule has 0 atom stereocenters. The van der Waals surface area contributed by atoms with Crippen molar-refractivity contribution in [1.82, 2.24) is 29.5 Å². The zero-order valence-electron chi connectivity index (χ0n) is 17.0. The first-order valence-electron chi connectivity index (χ1n) is 10.0. The van der Waals surface area contributed by atoms with Crippen molar-refractivity contribution in [3.8, 4) is 5.82 Å². The number of anilines is 3. The molecule has 0 aliphatic heterocycles. The van der Waals surface area contributed by atoms with Crippen molar-refractivity contribution in [2.75, 3.05) is 17.7 Å². The number of fused-ring (bicyclic) bond motifs is 1. The number of nitrogens with zero attached hydrogens (tertiary/aromatic N) is 5. The van der Waals surface area contributed by atoms with Gasteiger partial charge >= 0.3 is 0 Å². The van der Waals surface area contributed by atoms with Gasteiger partial charge in [-0.25, -0.2) is 14.5 Å². The van der Waals surface area contributed by atoms with Gasteiger partial charge in [-0.3, -0.25) is 9.59 Å². The van der Waals surface area contributed by atoms with Crippen molar-refractivity contribution in [3.63, 3.8) is 0 Å². The van der Waals surface area contributed by atoms with Gasteiger partial charge in [-0.2, -0.15) is 14.0 Å². The molecule has 1 saturated carbocycles. The average molecular weight is 434 g/mol. The summed E-state index contributed by atoms with van der Waals surface area (Å²) < 4.78 is 16.8. The van der Waals surface area contributed by atoms with E-state index in [1.54, 1.807) is 25.2 Å². The van der Waals surface area contributed by atoms with Crippen LogP contribution in [0.4, 0.5) is 21.7 Å². The Labute approximate surface area is 181 Å². The maximum Gasteiger partial charge on any atom is 0.282 e. The fourth-order valence-corrected chi connectivity index (χ4v) is 3.30. The van der Waals surface area contributed by atoms with Gasteiger partial charge in [0.2, 0.25) is 5.95 Å². The lowest BCUT2D eigenvalue weighted by Gasteiger charge is -2.12. The standard InChI is InChI=1S/C21H19FN8O2/c1-23-18-10-16(28-19-13(11-25-30(18)19)20(31)26-12-5-6-12)27-14-7-8-15(22)29(21(14)32)17-4-2-3-9-24-17/h2-4,7-12,23H,5-6H2,1H3,(H,26,31)(H,27,28). The van der Waals surface area contributed by atoms with Crippen LogP contribution in [0.3, 0.4) is 0 Å². The fourth-order valence-electron chi connectivity index (χ4n) is 3.30.